The van der Waals surface area contributed by atoms with E-state index in [2.05, 4.69) is 0 Å². The van der Waals surface area contributed by atoms with Crippen LogP contribution in [0.25, 0.3) is 0 Å². The highest BCUT2D eigenvalue weighted by molar-refractivity contribution is 7.09. The third-order valence-electron chi connectivity index (χ3n) is 1.96. The summed E-state index contributed by atoms with van der Waals surface area (Å²) in [5, 5.41) is 2.01. The number of hydrogen-bond donors (Lipinski definition) is 1. The van der Waals surface area contributed by atoms with E-state index in [-0.39, 0.29) is 5.78 Å². The fraction of sp³-hybridized carbons (Fsp3) is 0.500. The topological polar surface area (TPSA) is 52.3 Å². The van der Waals surface area contributed by atoms with Crippen LogP contribution in [0.1, 0.15) is 11.3 Å². The van der Waals surface area contributed by atoms with E-state index in [1.807, 2.05) is 17.5 Å². The molecule has 2 N–H and O–H groups in total. The summed E-state index contributed by atoms with van der Waals surface area (Å²) < 4.78 is 4.82. The first-order valence-corrected chi connectivity index (χ1v) is 5.41. The maximum Gasteiger partial charge on any atom is 0.152 e. The molecule has 0 spiro atoms. The lowest BCUT2D eigenvalue weighted by molar-refractivity contribution is -0.121. The zero-order valence-electron chi connectivity index (χ0n) is 8.23. The molecule has 1 aromatic rings. The number of nitrogens with two attached hydrogens (primary N) is 1. The predicted octanol–water partition coefficient (Wildman–Crippen LogP) is 1.22. The molecule has 1 unspecified atom stereocenters. The van der Waals surface area contributed by atoms with Crippen LogP contribution in [0.4, 0.5) is 0 Å². The van der Waals surface area contributed by atoms with Crippen molar-refractivity contribution >= 4 is 17.1 Å². The van der Waals surface area contributed by atoms with Crippen LogP contribution >= 0.6 is 11.3 Å². The normalized spacial score (nSPS) is 12.7. The van der Waals surface area contributed by atoms with Gasteiger partial charge in [0, 0.05) is 18.4 Å². The summed E-state index contributed by atoms with van der Waals surface area (Å²) in [6, 6.07) is 3.54. The molecule has 1 atom stereocenters. The van der Waals surface area contributed by atoms with Gasteiger partial charge in [-0.15, -0.1) is 11.3 Å². The molecule has 0 radical (unpaired) electrons. The van der Waals surface area contributed by atoms with Crippen molar-refractivity contribution in [2.24, 2.45) is 5.73 Å². The molecule has 0 aliphatic heterocycles. The molecule has 0 saturated heterocycles. The molecular formula is C10H15NO2S. The van der Waals surface area contributed by atoms with E-state index in [0.717, 1.165) is 6.42 Å². The van der Waals surface area contributed by atoms with Crippen molar-refractivity contribution < 1.29 is 9.53 Å². The molecule has 1 aromatic heterocycles. The fourth-order valence-electron chi connectivity index (χ4n) is 1.16. The van der Waals surface area contributed by atoms with Gasteiger partial charge >= 0.3 is 0 Å². The first kappa shape index (κ1) is 11.4. The molecular weight excluding hydrogens is 198 g/mol. The van der Waals surface area contributed by atoms with Gasteiger partial charge < -0.3 is 10.5 Å². The molecule has 4 heteroatoms. The smallest absolute Gasteiger partial charge is 0.152 e. The van der Waals surface area contributed by atoms with Gasteiger partial charge in [0.15, 0.2) is 5.78 Å². The summed E-state index contributed by atoms with van der Waals surface area (Å²) in [6.07, 6.45) is 1.29. The molecule has 0 aromatic carbocycles. The molecule has 78 valence electrons. The van der Waals surface area contributed by atoms with Crippen LogP contribution in [0.3, 0.4) is 0 Å². The van der Waals surface area contributed by atoms with Crippen LogP contribution in [-0.2, 0) is 16.0 Å². The molecule has 0 aliphatic carbocycles. The monoisotopic (exact) mass is 213 g/mol. The Morgan fingerprint density at radius 3 is 3.07 bits per heavy atom. The number of Topliss-reactive ketones (excluding diaryl/α,β-unsaturated/α-hetero) is 1. The van der Waals surface area contributed by atoms with Gasteiger partial charge in [-0.05, 0) is 17.9 Å². The summed E-state index contributed by atoms with van der Waals surface area (Å²) >= 11 is 1.67. The Hall–Kier alpha value is -0.710. The summed E-state index contributed by atoms with van der Waals surface area (Å²) in [7, 11) is 1.55. The predicted molar refractivity (Wildman–Crippen MR) is 57.5 cm³/mol. The molecule has 0 saturated carbocycles. The van der Waals surface area contributed by atoms with Crippen LogP contribution in [0, 0.1) is 0 Å². The lowest BCUT2D eigenvalue weighted by Crippen LogP contribution is -2.34. The van der Waals surface area contributed by atoms with Gasteiger partial charge in [-0.25, -0.2) is 0 Å². The molecule has 3 nitrogen and oxygen atoms in total. The molecule has 1 heterocycles. The second-order valence-electron chi connectivity index (χ2n) is 3.11. The van der Waals surface area contributed by atoms with Crippen LogP contribution in [0.2, 0.25) is 0 Å². The van der Waals surface area contributed by atoms with E-state index < -0.39 is 6.04 Å². The molecule has 14 heavy (non-hydrogen) atoms. The maximum absolute atomic E-state index is 11.4. The van der Waals surface area contributed by atoms with Crippen molar-refractivity contribution in [3.05, 3.63) is 22.4 Å². The van der Waals surface area contributed by atoms with Crippen LogP contribution < -0.4 is 5.73 Å². The van der Waals surface area contributed by atoms with Crippen molar-refractivity contribution in [3.8, 4) is 0 Å². The van der Waals surface area contributed by atoms with E-state index in [9.17, 15) is 4.79 Å². The SMILES string of the molecule is COCC(N)C(=O)CCc1cccs1. The Kier molecular flexibility index (Phi) is 4.79. The number of carbonyl (C=O) groups is 1. The van der Waals surface area contributed by atoms with Crippen molar-refractivity contribution in [1.29, 1.82) is 0 Å². The number of ketones is 1. The standard InChI is InChI=1S/C10H15NO2S/c1-13-7-9(11)10(12)5-4-8-3-2-6-14-8/h2-3,6,9H,4-5,7,11H2,1H3. The Bertz CT molecular complexity index is 272. The third kappa shape index (κ3) is 3.57. The Morgan fingerprint density at radius 2 is 2.50 bits per heavy atom. The largest absolute Gasteiger partial charge is 0.383 e. The Morgan fingerprint density at radius 1 is 1.71 bits per heavy atom. The number of hydrogen-bond acceptors (Lipinski definition) is 4. The summed E-state index contributed by atoms with van der Waals surface area (Å²) in [4.78, 5) is 12.7. The second-order valence-corrected chi connectivity index (χ2v) is 4.14. The highest BCUT2D eigenvalue weighted by Crippen LogP contribution is 2.11. The van der Waals surface area contributed by atoms with E-state index in [4.69, 9.17) is 10.5 Å². The van der Waals surface area contributed by atoms with Crippen molar-refractivity contribution in [3.63, 3.8) is 0 Å². The van der Waals surface area contributed by atoms with Crippen LogP contribution in [0.5, 0.6) is 0 Å². The number of rotatable bonds is 6. The van der Waals surface area contributed by atoms with Crippen molar-refractivity contribution in [1.82, 2.24) is 0 Å². The van der Waals surface area contributed by atoms with Crippen molar-refractivity contribution in [2.75, 3.05) is 13.7 Å². The third-order valence-corrected chi connectivity index (χ3v) is 2.89. The average Bonchev–Trinajstić information content (AvgIpc) is 2.67. The van der Waals surface area contributed by atoms with Gasteiger partial charge in [0.1, 0.15) is 0 Å². The minimum absolute atomic E-state index is 0.0697. The van der Waals surface area contributed by atoms with Gasteiger partial charge in [0.2, 0.25) is 0 Å². The lowest BCUT2D eigenvalue weighted by atomic mass is 10.1. The molecule has 0 aliphatic rings. The number of thiophene rings is 1. The van der Waals surface area contributed by atoms with Gasteiger partial charge in [0.05, 0.1) is 12.6 Å². The van der Waals surface area contributed by atoms with Gasteiger partial charge in [-0.3, -0.25) is 4.79 Å². The number of ether oxygens (including phenoxy) is 1. The Labute approximate surface area is 87.9 Å². The molecule has 0 bridgehead atoms. The minimum atomic E-state index is -0.472. The highest BCUT2D eigenvalue weighted by atomic mass is 32.1. The minimum Gasteiger partial charge on any atom is -0.383 e. The summed E-state index contributed by atoms with van der Waals surface area (Å²) in [5.41, 5.74) is 5.60. The Balaban J connectivity index is 2.27. The zero-order valence-corrected chi connectivity index (χ0v) is 9.05. The van der Waals surface area contributed by atoms with E-state index in [0.29, 0.717) is 13.0 Å². The van der Waals surface area contributed by atoms with E-state index in [1.54, 1.807) is 18.4 Å². The van der Waals surface area contributed by atoms with E-state index >= 15 is 0 Å². The number of aryl methyl sites for hydroxylation is 1. The first-order valence-electron chi connectivity index (χ1n) is 4.53. The second kappa shape index (κ2) is 5.90. The van der Waals surface area contributed by atoms with Crippen LogP contribution in [0.15, 0.2) is 17.5 Å². The van der Waals surface area contributed by atoms with Gasteiger partial charge in [0.25, 0.3) is 0 Å². The van der Waals surface area contributed by atoms with E-state index in [1.165, 1.54) is 4.88 Å². The lowest BCUT2D eigenvalue weighted by Gasteiger charge is -2.08. The average molecular weight is 213 g/mol. The zero-order chi connectivity index (χ0) is 10.4. The van der Waals surface area contributed by atoms with Gasteiger partial charge in [-0.2, -0.15) is 0 Å². The molecule has 0 fully saturated rings. The number of carbonyl (C=O) groups excluding carboxylic acids is 1. The van der Waals surface area contributed by atoms with Crippen molar-refractivity contribution in [2.45, 2.75) is 18.9 Å². The first-order chi connectivity index (χ1) is 6.74. The molecule has 0 amide bonds. The summed E-state index contributed by atoms with van der Waals surface area (Å²) in [6.45, 7) is 0.309. The van der Waals surface area contributed by atoms with Gasteiger partial charge in [-0.1, -0.05) is 6.07 Å². The maximum atomic E-state index is 11.4. The molecule has 1 rings (SSSR count). The highest BCUT2D eigenvalue weighted by Gasteiger charge is 2.12. The van der Waals surface area contributed by atoms with Crippen LogP contribution in [-0.4, -0.2) is 25.5 Å². The number of methoxy groups -OCH3 is 1. The summed E-state index contributed by atoms with van der Waals surface area (Å²) in [5.74, 6) is 0.0697. The quantitative estimate of drug-likeness (QED) is 0.773. The fourth-order valence-corrected chi connectivity index (χ4v) is 1.87.